The molecule has 0 radical (unpaired) electrons. The Morgan fingerprint density at radius 2 is 1.84 bits per heavy atom. The van der Waals surface area contributed by atoms with E-state index in [0.717, 1.165) is 57.5 Å². The second-order valence-electron chi connectivity index (χ2n) is 9.72. The molecule has 3 rings (SSSR count). The quantitative estimate of drug-likeness (QED) is 0.386. The van der Waals surface area contributed by atoms with Crippen LogP contribution in [0.25, 0.3) is 0 Å². The molecule has 0 unspecified atom stereocenters. The fourth-order valence-corrected chi connectivity index (χ4v) is 5.93. The number of carbonyl (C=O) groups excluding carboxylic acids is 1. The molecule has 1 fully saturated rings. The molecule has 37 heavy (non-hydrogen) atoms. The average Bonchev–Trinajstić information content (AvgIpc) is 3.38. The minimum atomic E-state index is -3.53. The second kappa shape index (κ2) is 14.4. The number of amides is 2. The molecule has 1 aromatic carbocycles. The van der Waals surface area contributed by atoms with Crippen LogP contribution in [0.1, 0.15) is 69.2 Å². The summed E-state index contributed by atoms with van der Waals surface area (Å²) in [6.45, 7) is 8.54. The van der Waals surface area contributed by atoms with Gasteiger partial charge in [0.2, 0.25) is 10.0 Å². The zero-order chi connectivity index (χ0) is 26.7. The van der Waals surface area contributed by atoms with E-state index in [1.54, 1.807) is 11.9 Å². The van der Waals surface area contributed by atoms with Crippen LogP contribution in [-0.4, -0.2) is 89.9 Å². The van der Waals surface area contributed by atoms with Crippen LogP contribution in [0.3, 0.4) is 0 Å². The number of likely N-dealkylation sites (tertiary alicyclic amines) is 1. The predicted molar refractivity (Wildman–Crippen MR) is 146 cm³/mol. The number of nitrogens with one attached hydrogen (secondary N) is 2. The van der Waals surface area contributed by atoms with Crippen molar-refractivity contribution in [1.29, 1.82) is 0 Å². The SMILES string of the molecule is CCN(CC)CCCS(=O)(=O)N[C@H](CCc1ccccc1)c1n[nH]c(CN(C)C(=O)N2CCCCC2)n1. The molecule has 11 heteroatoms. The van der Waals surface area contributed by atoms with Crippen molar-refractivity contribution >= 4 is 16.1 Å². The molecular weight excluding hydrogens is 490 g/mol. The maximum absolute atomic E-state index is 13.0. The normalized spacial score (nSPS) is 15.2. The van der Waals surface area contributed by atoms with Crippen LogP contribution in [0.2, 0.25) is 0 Å². The van der Waals surface area contributed by atoms with E-state index in [1.165, 1.54) is 0 Å². The summed E-state index contributed by atoms with van der Waals surface area (Å²) in [6.07, 6.45) is 5.00. The number of hydrogen-bond acceptors (Lipinski definition) is 6. The molecule has 0 bridgehead atoms. The first kappa shape index (κ1) is 29.1. The van der Waals surface area contributed by atoms with Crippen LogP contribution in [0, 0.1) is 0 Å². The van der Waals surface area contributed by atoms with Crippen molar-refractivity contribution in [2.24, 2.45) is 0 Å². The average molecular weight is 534 g/mol. The Labute approximate surface area is 221 Å². The number of aryl methyl sites for hydroxylation is 1. The van der Waals surface area contributed by atoms with Crippen LogP contribution in [0.15, 0.2) is 30.3 Å². The Morgan fingerprint density at radius 1 is 1.14 bits per heavy atom. The maximum atomic E-state index is 13.0. The van der Waals surface area contributed by atoms with Crippen LogP contribution >= 0.6 is 0 Å². The predicted octanol–water partition coefficient (Wildman–Crippen LogP) is 3.17. The molecule has 1 aromatic heterocycles. The van der Waals surface area contributed by atoms with Gasteiger partial charge in [-0.2, -0.15) is 5.10 Å². The van der Waals surface area contributed by atoms with Crippen molar-refractivity contribution in [3.05, 3.63) is 47.5 Å². The summed E-state index contributed by atoms with van der Waals surface area (Å²) < 4.78 is 28.8. The van der Waals surface area contributed by atoms with Crippen LogP contribution < -0.4 is 4.72 Å². The summed E-state index contributed by atoms with van der Waals surface area (Å²) in [6, 6.07) is 9.38. The molecule has 2 N–H and O–H groups in total. The maximum Gasteiger partial charge on any atom is 0.320 e. The number of rotatable bonds is 14. The fourth-order valence-electron chi connectivity index (χ4n) is 4.65. The number of nitrogens with zero attached hydrogens (tertiary/aromatic N) is 5. The number of aromatic amines is 1. The highest BCUT2D eigenvalue weighted by molar-refractivity contribution is 7.89. The molecule has 0 saturated carbocycles. The van der Waals surface area contributed by atoms with Gasteiger partial charge in [0.05, 0.1) is 18.3 Å². The molecule has 1 atom stereocenters. The topological polar surface area (TPSA) is 115 Å². The van der Waals surface area contributed by atoms with E-state index in [2.05, 4.69) is 38.7 Å². The minimum Gasteiger partial charge on any atom is -0.325 e. The highest BCUT2D eigenvalue weighted by Gasteiger charge is 2.25. The summed E-state index contributed by atoms with van der Waals surface area (Å²) in [4.78, 5) is 23.1. The Kier molecular flexibility index (Phi) is 11.3. The lowest BCUT2D eigenvalue weighted by Crippen LogP contribution is -2.43. The van der Waals surface area contributed by atoms with E-state index in [-0.39, 0.29) is 18.3 Å². The van der Waals surface area contributed by atoms with Gasteiger partial charge in [-0.05, 0) is 63.7 Å². The van der Waals surface area contributed by atoms with Gasteiger partial charge >= 0.3 is 6.03 Å². The fraction of sp³-hybridized carbons (Fsp3) is 0.654. The van der Waals surface area contributed by atoms with Crippen molar-refractivity contribution in [2.75, 3.05) is 45.5 Å². The number of urea groups is 1. The molecule has 1 aliphatic rings. The van der Waals surface area contributed by atoms with Crippen LogP contribution in [-0.2, 0) is 23.0 Å². The first-order valence-corrected chi connectivity index (χ1v) is 15.1. The number of hydrogen-bond donors (Lipinski definition) is 2. The summed E-state index contributed by atoms with van der Waals surface area (Å²) in [5.74, 6) is 0.987. The van der Waals surface area contributed by atoms with E-state index >= 15 is 0 Å². The van der Waals surface area contributed by atoms with Crippen molar-refractivity contribution in [3.8, 4) is 0 Å². The Hall–Kier alpha value is -2.50. The van der Waals surface area contributed by atoms with Gasteiger partial charge in [-0.3, -0.25) is 5.10 Å². The highest BCUT2D eigenvalue weighted by atomic mass is 32.2. The van der Waals surface area contributed by atoms with Crippen molar-refractivity contribution in [1.82, 2.24) is 34.6 Å². The Bertz CT molecular complexity index is 1050. The minimum absolute atomic E-state index is 0.0211. The van der Waals surface area contributed by atoms with E-state index < -0.39 is 16.1 Å². The van der Waals surface area contributed by atoms with Crippen molar-refractivity contribution in [2.45, 2.75) is 65.0 Å². The van der Waals surface area contributed by atoms with E-state index in [0.29, 0.717) is 30.9 Å². The monoisotopic (exact) mass is 533 g/mol. The smallest absolute Gasteiger partial charge is 0.320 e. The summed E-state index contributed by atoms with van der Waals surface area (Å²) in [5.41, 5.74) is 1.12. The summed E-state index contributed by atoms with van der Waals surface area (Å²) >= 11 is 0. The van der Waals surface area contributed by atoms with Gasteiger partial charge in [-0.15, -0.1) is 0 Å². The number of piperidine rings is 1. The Morgan fingerprint density at radius 3 is 2.51 bits per heavy atom. The lowest BCUT2D eigenvalue weighted by Gasteiger charge is -2.30. The molecule has 1 saturated heterocycles. The first-order chi connectivity index (χ1) is 17.8. The number of H-pyrrole nitrogens is 1. The standard InChI is InChI=1S/C26H43N7O3S/c1-4-32(5-2)17-12-20-37(35,36)30-23(16-15-22-13-8-6-9-14-22)25-27-24(28-29-25)21-31(3)26(34)33-18-10-7-11-19-33/h6,8-9,13-14,23,30H,4-5,7,10-12,15-21H2,1-3H3,(H,27,28,29)/t23-/m1/s1. The molecular formula is C26H43N7O3S. The van der Waals surface area contributed by atoms with Gasteiger partial charge in [0.25, 0.3) is 0 Å². The van der Waals surface area contributed by atoms with Crippen molar-refractivity contribution in [3.63, 3.8) is 0 Å². The van der Waals surface area contributed by atoms with E-state index in [9.17, 15) is 13.2 Å². The number of sulfonamides is 1. The van der Waals surface area contributed by atoms with Gasteiger partial charge in [0, 0.05) is 20.1 Å². The second-order valence-corrected chi connectivity index (χ2v) is 11.6. The van der Waals surface area contributed by atoms with Crippen LogP contribution in [0.5, 0.6) is 0 Å². The molecule has 0 aliphatic carbocycles. The molecule has 2 heterocycles. The zero-order valence-electron chi connectivity index (χ0n) is 22.5. The number of aromatic nitrogens is 3. The highest BCUT2D eigenvalue weighted by Crippen LogP contribution is 2.19. The Balaban J connectivity index is 1.66. The lowest BCUT2D eigenvalue weighted by molar-refractivity contribution is 0.150. The summed E-state index contributed by atoms with van der Waals surface area (Å²) in [5, 5.41) is 7.27. The molecule has 2 amide bonds. The third-order valence-corrected chi connectivity index (χ3v) is 8.34. The largest absolute Gasteiger partial charge is 0.325 e. The third kappa shape index (κ3) is 9.39. The lowest BCUT2D eigenvalue weighted by atomic mass is 10.1. The van der Waals surface area contributed by atoms with E-state index in [4.69, 9.17) is 0 Å². The summed E-state index contributed by atoms with van der Waals surface area (Å²) in [7, 11) is -1.77. The van der Waals surface area contributed by atoms with Gasteiger partial charge in [0.15, 0.2) is 5.82 Å². The molecule has 206 valence electrons. The molecule has 1 aliphatic heterocycles. The first-order valence-electron chi connectivity index (χ1n) is 13.5. The molecule has 0 spiro atoms. The molecule has 2 aromatic rings. The van der Waals surface area contributed by atoms with Gasteiger partial charge in [-0.1, -0.05) is 44.2 Å². The number of benzene rings is 1. The van der Waals surface area contributed by atoms with Gasteiger partial charge in [0.1, 0.15) is 5.82 Å². The number of carbonyl (C=O) groups is 1. The van der Waals surface area contributed by atoms with Crippen LogP contribution in [0.4, 0.5) is 4.79 Å². The zero-order valence-corrected chi connectivity index (χ0v) is 23.3. The third-order valence-electron chi connectivity index (χ3n) is 6.87. The van der Waals surface area contributed by atoms with Gasteiger partial charge in [-0.25, -0.2) is 22.9 Å². The van der Waals surface area contributed by atoms with Gasteiger partial charge < -0.3 is 14.7 Å². The van der Waals surface area contributed by atoms with Crippen molar-refractivity contribution < 1.29 is 13.2 Å². The van der Waals surface area contributed by atoms with E-state index in [1.807, 2.05) is 35.2 Å². The molecule has 10 nitrogen and oxygen atoms in total.